The van der Waals surface area contributed by atoms with Crippen LogP contribution in [0.3, 0.4) is 0 Å². The number of rotatable bonds is 8. The number of methoxy groups -OCH3 is 1. The summed E-state index contributed by atoms with van der Waals surface area (Å²) in [5.41, 5.74) is 2.17. The van der Waals surface area contributed by atoms with Gasteiger partial charge in [0.05, 0.1) is 7.11 Å². The molecule has 5 heteroatoms. The van der Waals surface area contributed by atoms with Crippen molar-refractivity contribution in [2.75, 3.05) is 27.2 Å². The minimum atomic E-state index is -0.000557. The molecule has 0 aromatic heterocycles. The molecule has 2 aromatic carbocycles. The van der Waals surface area contributed by atoms with Gasteiger partial charge in [0.2, 0.25) is 5.91 Å². The van der Waals surface area contributed by atoms with E-state index in [9.17, 15) is 9.90 Å². The quantitative estimate of drug-likeness (QED) is 0.685. The Bertz CT molecular complexity index is 845. The fourth-order valence-corrected chi connectivity index (χ4v) is 4.60. The van der Waals surface area contributed by atoms with Gasteiger partial charge in [0, 0.05) is 31.1 Å². The molecule has 0 radical (unpaired) electrons. The first-order chi connectivity index (χ1) is 14.9. The normalized spacial score (nSPS) is 16.3. The van der Waals surface area contributed by atoms with Crippen molar-refractivity contribution in [2.45, 2.75) is 45.7 Å². The summed E-state index contributed by atoms with van der Waals surface area (Å²) in [4.78, 5) is 17.2. The zero-order valence-electron chi connectivity index (χ0n) is 19.3. The number of amides is 1. The van der Waals surface area contributed by atoms with Crippen LogP contribution in [0.15, 0.2) is 48.5 Å². The molecule has 1 fully saturated rings. The van der Waals surface area contributed by atoms with Gasteiger partial charge in [0.15, 0.2) is 0 Å². The van der Waals surface area contributed by atoms with Gasteiger partial charge in [-0.05, 0) is 62.0 Å². The lowest BCUT2D eigenvalue weighted by Gasteiger charge is -2.40. The average Bonchev–Trinajstić information content (AvgIpc) is 2.79. The van der Waals surface area contributed by atoms with Gasteiger partial charge < -0.3 is 14.7 Å². The lowest BCUT2D eigenvalue weighted by atomic mass is 9.84. The third kappa shape index (κ3) is 6.01. The van der Waals surface area contributed by atoms with Crippen LogP contribution in [-0.2, 0) is 17.8 Å². The number of hydrogen-bond acceptors (Lipinski definition) is 4. The monoisotopic (exact) mass is 424 g/mol. The van der Waals surface area contributed by atoms with E-state index >= 15 is 0 Å². The molecular weight excluding hydrogens is 388 g/mol. The second-order valence-electron chi connectivity index (χ2n) is 8.97. The van der Waals surface area contributed by atoms with Crippen molar-refractivity contribution < 1.29 is 14.6 Å². The largest absolute Gasteiger partial charge is 0.508 e. The summed E-state index contributed by atoms with van der Waals surface area (Å²) in [5, 5.41) is 10.2. The first-order valence-corrected chi connectivity index (χ1v) is 11.3. The molecule has 5 nitrogen and oxygen atoms in total. The van der Waals surface area contributed by atoms with Crippen LogP contribution in [0, 0.1) is 11.8 Å². The SMILES string of the molecule is COc1ccc(O)c(CN2CCC(C(Cc3ccccc3)N(C)C(=O)C(C)C)CC2)c1. The Morgan fingerprint density at radius 2 is 1.84 bits per heavy atom. The number of benzene rings is 2. The van der Waals surface area contributed by atoms with Crippen LogP contribution >= 0.6 is 0 Å². The van der Waals surface area contributed by atoms with E-state index in [2.05, 4.69) is 29.2 Å². The molecule has 0 aliphatic carbocycles. The predicted molar refractivity (Wildman–Crippen MR) is 124 cm³/mol. The highest BCUT2D eigenvalue weighted by atomic mass is 16.5. The number of phenols is 1. The highest BCUT2D eigenvalue weighted by Crippen LogP contribution is 2.30. The molecule has 2 aromatic rings. The number of aromatic hydroxyl groups is 1. The summed E-state index contributed by atoms with van der Waals surface area (Å²) in [6.45, 7) is 6.57. The molecule has 31 heavy (non-hydrogen) atoms. The second-order valence-corrected chi connectivity index (χ2v) is 8.97. The van der Waals surface area contributed by atoms with Crippen molar-refractivity contribution in [3.63, 3.8) is 0 Å². The molecule has 1 N–H and O–H groups in total. The van der Waals surface area contributed by atoms with Crippen LogP contribution in [0.25, 0.3) is 0 Å². The van der Waals surface area contributed by atoms with E-state index < -0.39 is 0 Å². The van der Waals surface area contributed by atoms with E-state index in [0.29, 0.717) is 18.2 Å². The number of carbonyl (C=O) groups excluding carboxylic acids is 1. The number of likely N-dealkylation sites (N-methyl/N-ethyl adjacent to an activating group) is 1. The fourth-order valence-electron chi connectivity index (χ4n) is 4.60. The van der Waals surface area contributed by atoms with E-state index in [-0.39, 0.29) is 17.9 Å². The molecule has 168 valence electrons. The molecule has 1 aliphatic heterocycles. The van der Waals surface area contributed by atoms with Crippen molar-refractivity contribution in [2.24, 2.45) is 11.8 Å². The van der Waals surface area contributed by atoms with Crippen molar-refractivity contribution in [3.05, 3.63) is 59.7 Å². The number of piperidine rings is 1. The lowest BCUT2D eigenvalue weighted by molar-refractivity contribution is -0.136. The maximum atomic E-state index is 12.8. The summed E-state index contributed by atoms with van der Waals surface area (Å²) in [5.74, 6) is 1.75. The van der Waals surface area contributed by atoms with Gasteiger partial charge >= 0.3 is 0 Å². The smallest absolute Gasteiger partial charge is 0.225 e. The minimum Gasteiger partial charge on any atom is -0.508 e. The van der Waals surface area contributed by atoms with E-state index in [4.69, 9.17) is 4.74 Å². The Morgan fingerprint density at radius 3 is 2.45 bits per heavy atom. The van der Waals surface area contributed by atoms with Crippen LogP contribution in [0.2, 0.25) is 0 Å². The number of hydrogen-bond donors (Lipinski definition) is 1. The number of nitrogens with zero attached hydrogens (tertiary/aromatic N) is 2. The third-order valence-electron chi connectivity index (χ3n) is 6.48. The summed E-state index contributed by atoms with van der Waals surface area (Å²) < 4.78 is 5.31. The third-order valence-corrected chi connectivity index (χ3v) is 6.48. The molecule has 3 rings (SSSR count). The lowest BCUT2D eigenvalue weighted by Crippen LogP contribution is -2.48. The first-order valence-electron chi connectivity index (χ1n) is 11.3. The van der Waals surface area contributed by atoms with Crippen LogP contribution in [0.1, 0.15) is 37.8 Å². The topological polar surface area (TPSA) is 53.0 Å². The predicted octanol–water partition coefficient (Wildman–Crippen LogP) is 4.34. The summed E-state index contributed by atoms with van der Waals surface area (Å²) in [6, 6.07) is 16.1. The van der Waals surface area contributed by atoms with Gasteiger partial charge in [-0.15, -0.1) is 0 Å². The van der Waals surface area contributed by atoms with Crippen LogP contribution in [0.5, 0.6) is 11.5 Å². The van der Waals surface area contributed by atoms with Crippen molar-refractivity contribution in [3.8, 4) is 11.5 Å². The van der Waals surface area contributed by atoms with Crippen molar-refractivity contribution in [1.82, 2.24) is 9.80 Å². The Morgan fingerprint density at radius 1 is 1.16 bits per heavy atom. The highest BCUT2D eigenvalue weighted by molar-refractivity contribution is 5.78. The molecule has 1 unspecified atom stereocenters. The maximum absolute atomic E-state index is 12.8. The molecule has 1 atom stereocenters. The van der Waals surface area contributed by atoms with Gasteiger partial charge in [-0.1, -0.05) is 44.2 Å². The molecule has 1 heterocycles. The molecule has 0 bridgehead atoms. The molecular formula is C26H36N2O3. The zero-order chi connectivity index (χ0) is 22.4. The second kappa shape index (κ2) is 10.7. The minimum absolute atomic E-state index is 0.000557. The van der Waals surface area contributed by atoms with E-state index in [1.165, 1.54) is 5.56 Å². The number of phenolic OH excluding ortho intramolecular Hbond substituents is 1. The van der Waals surface area contributed by atoms with E-state index in [1.807, 2.05) is 37.9 Å². The number of ether oxygens (including phenoxy) is 1. The fraction of sp³-hybridized carbons (Fsp3) is 0.500. The van der Waals surface area contributed by atoms with Crippen molar-refractivity contribution >= 4 is 5.91 Å². The molecule has 1 amide bonds. The maximum Gasteiger partial charge on any atom is 0.225 e. The Balaban J connectivity index is 1.67. The van der Waals surface area contributed by atoms with Gasteiger partial charge in [-0.2, -0.15) is 0 Å². The first kappa shape index (κ1) is 23.1. The number of likely N-dealkylation sites (tertiary alicyclic amines) is 1. The Kier molecular flexibility index (Phi) is 7.97. The van der Waals surface area contributed by atoms with Crippen LogP contribution in [0.4, 0.5) is 0 Å². The van der Waals surface area contributed by atoms with E-state index in [1.54, 1.807) is 19.2 Å². The van der Waals surface area contributed by atoms with Gasteiger partial charge in [-0.3, -0.25) is 9.69 Å². The average molecular weight is 425 g/mol. The van der Waals surface area contributed by atoms with Gasteiger partial charge in [0.25, 0.3) is 0 Å². The van der Waals surface area contributed by atoms with Crippen molar-refractivity contribution in [1.29, 1.82) is 0 Å². The van der Waals surface area contributed by atoms with E-state index in [0.717, 1.165) is 43.7 Å². The molecule has 1 saturated heterocycles. The number of carbonyl (C=O) groups is 1. The highest BCUT2D eigenvalue weighted by Gasteiger charge is 2.32. The Labute approximate surface area is 186 Å². The summed E-state index contributed by atoms with van der Waals surface area (Å²) in [6.07, 6.45) is 2.97. The van der Waals surface area contributed by atoms with Crippen LogP contribution < -0.4 is 4.74 Å². The van der Waals surface area contributed by atoms with Crippen LogP contribution in [-0.4, -0.2) is 54.1 Å². The van der Waals surface area contributed by atoms with Gasteiger partial charge in [0.1, 0.15) is 11.5 Å². The molecule has 0 spiro atoms. The Hall–Kier alpha value is -2.53. The molecule has 0 saturated carbocycles. The molecule has 1 aliphatic rings. The standard InChI is InChI=1S/C26H36N2O3/c1-19(2)26(30)27(3)24(16-20-8-6-5-7-9-20)21-12-14-28(15-13-21)18-22-17-23(31-4)10-11-25(22)29/h5-11,17,19,21,24,29H,12-16,18H2,1-4H3. The zero-order valence-corrected chi connectivity index (χ0v) is 19.3. The summed E-state index contributed by atoms with van der Waals surface area (Å²) >= 11 is 0. The summed E-state index contributed by atoms with van der Waals surface area (Å²) in [7, 11) is 3.61. The van der Waals surface area contributed by atoms with Gasteiger partial charge in [-0.25, -0.2) is 0 Å².